The Morgan fingerprint density at radius 3 is 2.71 bits per heavy atom. The van der Waals surface area contributed by atoms with Crippen LogP contribution in [0.4, 0.5) is 33.7 Å². The van der Waals surface area contributed by atoms with Crippen LogP contribution in [0, 0.1) is 5.82 Å². The Bertz CT molecular complexity index is 1490. The number of rotatable bonds is 7. The maximum Gasteiger partial charge on any atom is 0.280 e. The van der Waals surface area contributed by atoms with Gasteiger partial charge >= 0.3 is 0 Å². The average Bonchev–Trinajstić information content (AvgIpc) is 3.37. The zero-order valence-corrected chi connectivity index (χ0v) is 20.1. The highest BCUT2D eigenvalue weighted by atomic mass is 19.3. The van der Waals surface area contributed by atoms with Crippen LogP contribution in [-0.2, 0) is 11.3 Å². The first-order valence-electron chi connectivity index (χ1n) is 11.9. The lowest BCUT2D eigenvalue weighted by Gasteiger charge is -2.44. The number of fused-ring (bicyclic) bond motifs is 2. The van der Waals surface area contributed by atoms with Gasteiger partial charge in [-0.1, -0.05) is 5.21 Å². The van der Waals surface area contributed by atoms with E-state index in [1.165, 1.54) is 16.6 Å². The van der Waals surface area contributed by atoms with E-state index in [4.69, 9.17) is 4.74 Å². The molecule has 2 aliphatic rings. The van der Waals surface area contributed by atoms with Gasteiger partial charge in [-0.05, 0) is 18.6 Å². The summed E-state index contributed by atoms with van der Waals surface area (Å²) in [5.41, 5.74) is 0.659. The van der Waals surface area contributed by atoms with Crippen LogP contribution in [0.2, 0.25) is 0 Å². The molecule has 0 unspecified atom stereocenters. The second-order valence-corrected chi connectivity index (χ2v) is 9.29. The minimum atomic E-state index is -3.05. The van der Waals surface area contributed by atoms with Crippen LogP contribution < -0.4 is 10.6 Å². The zero-order chi connectivity index (χ0) is 26.6. The van der Waals surface area contributed by atoms with Gasteiger partial charge in [-0.15, -0.1) is 10.2 Å². The van der Waals surface area contributed by atoms with Gasteiger partial charge in [-0.2, -0.15) is 4.98 Å². The average molecular weight is 538 g/mol. The van der Waals surface area contributed by atoms with E-state index >= 15 is 4.39 Å². The van der Waals surface area contributed by atoms with Gasteiger partial charge in [0.25, 0.3) is 12.3 Å². The summed E-state index contributed by atoms with van der Waals surface area (Å²) in [7, 11) is 1.55. The molecule has 11 nitrogen and oxygen atoms in total. The molecule has 2 N–H and O–H groups in total. The molecular formula is C22H23F5N10O. The molecule has 2 aliphatic heterocycles. The number of anilines is 2. The number of nitrogens with one attached hydrogen (secondary N) is 2. The first kappa shape index (κ1) is 24.7. The Kier molecular flexibility index (Phi) is 6.02. The van der Waals surface area contributed by atoms with Crippen LogP contribution >= 0.6 is 0 Å². The maximum atomic E-state index is 15.2. The normalized spacial score (nSPS) is 20.3. The third-order valence-electron chi connectivity index (χ3n) is 6.82. The van der Waals surface area contributed by atoms with Crippen LogP contribution in [0.15, 0.2) is 18.3 Å². The fraction of sp³-hybridized carbons (Fsp3) is 0.500. The van der Waals surface area contributed by atoms with Gasteiger partial charge in [0.2, 0.25) is 5.95 Å². The van der Waals surface area contributed by atoms with Crippen molar-refractivity contribution < 1.29 is 26.7 Å². The monoisotopic (exact) mass is 538 g/mol. The van der Waals surface area contributed by atoms with E-state index in [0.717, 1.165) is 10.9 Å². The number of ether oxygens (including phenoxy) is 1. The summed E-state index contributed by atoms with van der Waals surface area (Å²) in [5.74, 6) is -3.70. The number of hydrogen-bond donors (Lipinski definition) is 2. The zero-order valence-electron chi connectivity index (χ0n) is 20.1. The first-order valence-corrected chi connectivity index (χ1v) is 11.9. The summed E-state index contributed by atoms with van der Waals surface area (Å²) in [6.07, 6.45) is -1.44. The summed E-state index contributed by atoms with van der Waals surface area (Å²) in [4.78, 5) is 10.4. The molecule has 2 saturated heterocycles. The summed E-state index contributed by atoms with van der Waals surface area (Å²) in [5, 5.41) is 17.3. The van der Waals surface area contributed by atoms with Crippen molar-refractivity contribution in [2.24, 2.45) is 0 Å². The number of likely N-dealkylation sites (tertiary alicyclic amines) is 1. The molecule has 202 valence electrons. The Labute approximate surface area is 212 Å². The Morgan fingerprint density at radius 2 is 2.03 bits per heavy atom. The lowest BCUT2D eigenvalue weighted by molar-refractivity contribution is -0.131. The predicted molar refractivity (Wildman–Crippen MR) is 126 cm³/mol. The lowest BCUT2D eigenvalue weighted by Crippen LogP contribution is -2.61. The van der Waals surface area contributed by atoms with Crippen molar-refractivity contribution in [1.29, 1.82) is 0 Å². The fourth-order valence-corrected chi connectivity index (χ4v) is 4.82. The van der Waals surface area contributed by atoms with Crippen LogP contribution in [0.25, 0.3) is 27.9 Å². The highest BCUT2D eigenvalue weighted by Crippen LogP contribution is 2.35. The quantitative estimate of drug-likeness (QED) is 0.343. The van der Waals surface area contributed by atoms with Gasteiger partial charge in [0.05, 0.1) is 49.3 Å². The number of nitrogens with zero attached hydrogens (tertiary/aromatic N) is 8. The van der Waals surface area contributed by atoms with Gasteiger partial charge < -0.3 is 15.4 Å². The molecule has 0 bridgehead atoms. The highest BCUT2D eigenvalue weighted by molar-refractivity contribution is 5.89. The molecule has 0 aliphatic carbocycles. The molecule has 6 rings (SSSR count). The molecule has 6 heterocycles. The minimum absolute atomic E-state index is 0.00390. The van der Waals surface area contributed by atoms with Gasteiger partial charge in [0.15, 0.2) is 17.3 Å². The topological polar surface area (TPSA) is 110 Å². The van der Waals surface area contributed by atoms with Gasteiger partial charge in [-0.3, -0.25) is 4.90 Å². The molecule has 1 atom stereocenters. The van der Waals surface area contributed by atoms with Crippen LogP contribution in [-0.4, -0.2) is 97.3 Å². The Morgan fingerprint density at radius 1 is 1.21 bits per heavy atom. The number of aromatic nitrogens is 7. The van der Waals surface area contributed by atoms with Crippen LogP contribution in [0.1, 0.15) is 6.42 Å². The SMILES string of the molecule is CNc1nc(N[C@@H]2CCN(C3COC3)CC2(F)F)nn2cc(F)c(-c3ccc4nnn(CC(F)F)c4n3)c12. The maximum absolute atomic E-state index is 15.2. The summed E-state index contributed by atoms with van der Waals surface area (Å²) in [6, 6.07) is 1.77. The molecule has 0 aromatic carbocycles. The smallest absolute Gasteiger partial charge is 0.280 e. The molecule has 4 aromatic heterocycles. The van der Waals surface area contributed by atoms with E-state index in [9.17, 15) is 17.6 Å². The van der Waals surface area contributed by atoms with Crippen molar-refractivity contribution in [2.75, 3.05) is 44.0 Å². The second-order valence-electron chi connectivity index (χ2n) is 9.29. The third kappa shape index (κ3) is 4.26. The van der Waals surface area contributed by atoms with Crippen molar-refractivity contribution in [2.45, 2.75) is 37.4 Å². The van der Waals surface area contributed by atoms with E-state index in [2.05, 4.69) is 36.0 Å². The van der Waals surface area contributed by atoms with E-state index in [0.29, 0.717) is 19.8 Å². The van der Waals surface area contributed by atoms with E-state index in [1.807, 2.05) is 0 Å². The number of alkyl halides is 4. The standard InChI is InChI=1S/C22H23F5N10O/c1-28-19-18-17(13-2-3-14-20(29-13)37(34-32-14)7-16(24)25)12(23)6-36(18)33-21(31-19)30-15-4-5-35(10-22(15,26)27)11-8-38-9-11/h2-3,6,11,15-16H,4-5,7-10H2,1H3,(H2,28,30,31,33)/t15-/m1/s1. The van der Waals surface area contributed by atoms with Crippen LogP contribution in [0.3, 0.4) is 0 Å². The molecule has 0 saturated carbocycles. The fourth-order valence-electron chi connectivity index (χ4n) is 4.82. The van der Waals surface area contributed by atoms with E-state index in [-0.39, 0.29) is 52.2 Å². The minimum Gasteiger partial charge on any atom is -0.378 e. The summed E-state index contributed by atoms with van der Waals surface area (Å²) < 4.78 is 78.3. The van der Waals surface area contributed by atoms with E-state index < -0.39 is 37.3 Å². The predicted octanol–water partition coefficient (Wildman–Crippen LogP) is 2.50. The van der Waals surface area contributed by atoms with Crippen molar-refractivity contribution >= 4 is 28.4 Å². The Balaban J connectivity index is 1.33. The molecular weight excluding hydrogens is 515 g/mol. The van der Waals surface area contributed by atoms with Gasteiger partial charge in [0, 0.05) is 13.6 Å². The molecule has 0 amide bonds. The number of piperidine rings is 1. The largest absolute Gasteiger partial charge is 0.378 e. The number of halogens is 5. The van der Waals surface area contributed by atoms with Crippen molar-refractivity contribution in [1.82, 2.24) is 39.5 Å². The second kappa shape index (κ2) is 9.27. The van der Waals surface area contributed by atoms with E-state index in [1.54, 1.807) is 11.9 Å². The highest BCUT2D eigenvalue weighted by Gasteiger charge is 2.47. The Hall–Kier alpha value is -3.66. The van der Waals surface area contributed by atoms with Gasteiger partial charge in [-0.25, -0.2) is 36.1 Å². The van der Waals surface area contributed by atoms with Gasteiger partial charge in [0.1, 0.15) is 17.6 Å². The molecule has 16 heteroatoms. The molecule has 0 spiro atoms. The summed E-state index contributed by atoms with van der Waals surface area (Å²) in [6.45, 7) is 0.245. The molecule has 0 radical (unpaired) electrons. The van der Waals surface area contributed by atoms with Crippen LogP contribution in [0.5, 0.6) is 0 Å². The summed E-state index contributed by atoms with van der Waals surface area (Å²) >= 11 is 0. The molecule has 4 aromatic rings. The molecule has 38 heavy (non-hydrogen) atoms. The molecule has 2 fully saturated rings. The number of pyridine rings is 1. The lowest BCUT2D eigenvalue weighted by atomic mass is 9.98. The first-order chi connectivity index (χ1) is 18.2. The van der Waals surface area contributed by atoms with Crippen molar-refractivity contribution in [3.05, 3.63) is 24.1 Å². The number of hydrogen-bond acceptors (Lipinski definition) is 9. The van der Waals surface area contributed by atoms with Crippen molar-refractivity contribution in [3.8, 4) is 11.3 Å². The van der Waals surface area contributed by atoms with Crippen molar-refractivity contribution in [3.63, 3.8) is 0 Å². The third-order valence-corrected chi connectivity index (χ3v) is 6.82.